The third-order valence-electron chi connectivity index (χ3n) is 4.36. The van der Waals surface area contributed by atoms with Gasteiger partial charge in [0.1, 0.15) is 22.3 Å². The van der Waals surface area contributed by atoms with Gasteiger partial charge in [-0.15, -0.1) is 0 Å². The standard InChI is InChI=1S/C18H22F2N4O3S/c1-13(25)12-23-4-6-24(7-5-23)18-3-2-17(11-21-18)28(26,27)22-16-9-14(19)8-15(20)10-16/h2-3,8-11,13,22,25H,4-7,12H2,1H3/t13-/m1/s1. The Morgan fingerprint density at radius 2 is 1.79 bits per heavy atom. The average Bonchev–Trinajstić information content (AvgIpc) is 2.61. The summed E-state index contributed by atoms with van der Waals surface area (Å²) in [5.74, 6) is -1.10. The predicted octanol–water partition coefficient (Wildman–Crippen LogP) is 1.66. The zero-order valence-corrected chi connectivity index (χ0v) is 16.2. The van der Waals surface area contributed by atoms with Gasteiger partial charge in [-0.25, -0.2) is 22.2 Å². The summed E-state index contributed by atoms with van der Waals surface area (Å²) in [5, 5.41) is 9.46. The number of hydrogen-bond acceptors (Lipinski definition) is 6. The van der Waals surface area contributed by atoms with Crippen molar-refractivity contribution in [1.82, 2.24) is 9.88 Å². The molecule has 1 aliphatic heterocycles. The highest BCUT2D eigenvalue weighted by Crippen LogP contribution is 2.20. The lowest BCUT2D eigenvalue weighted by molar-refractivity contribution is 0.122. The molecule has 1 fully saturated rings. The first kappa shape index (κ1) is 20.4. The summed E-state index contributed by atoms with van der Waals surface area (Å²) in [6, 6.07) is 5.47. The number of nitrogens with one attached hydrogen (secondary N) is 1. The lowest BCUT2D eigenvalue weighted by Gasteiger charge is -2.35. The number of anilines is 2. The number of sulfonamides is 1. The maximum Gasteiger partial charge on any atom is 0.263 e. The third kappa shape index (κ3) is 5.15. The number of aliphatic hydroxyl groups is 1. The molecule has 28 heavy (non-hydrogen) atoms. The molecule has 1 atom stereocenters. The van der Waals surface area contributed by atoms with Crippen LogP contribution in [0, 0.1) is 11.6 Å². The number of halogens is 2. The molecule has 0 spiro atoms. The first-order valence-corrected chi connectivity index (χ1v) is 10.3. The molecular weight excluding hydrogens is 390 g/mol. The van der Waals surface area contributed by atoms with Gasteiger partial charge in [0.2, 0.25) is 0 Å². The molecule has 1 aromatic heterocycles. The molecular formula is C18H22F2N4O3S. The summed E-state index contributed by atoms with van der Waals surface area (Å²) in [5.41, 5.74) is -0.198. The molecule has 2 heterocycles. The first-order chi connectivity index (χ1) is 13.2. The van der Waals surface area contributed by atoms with E-state index in [-0.39, 0.29) is 16.7 Å². The first-order valence-electron chi connectivity index (χ1n) is 8.83. The molecule has 0 aliphatic carbocycles. The molecule has 2 aromatic rings. The number of piperazine rings is 1. The second kappa shape index (κ2) is 8.38. The molecule has 1 aromatic carbocycles. The molecule has 0 saturated carbocycles. The van der Waals surface area contributed by atoms with Gasteiger partial charge in [-0.2, -0.15) is 0 Å². The van der Waals surface area contributed by atoms with Crippen molar-refractivity contribution < 1.29 is 22.3 Å². The second-order valence-electron chi connectivity index (χ2n) is 6.75. The van der Waals surface area contributed by atoms with E-state index in [1.165, 1.54) is 12.3 Å². The van der Waals surface area contributed by atoms with E-state index in [1.54, 1.807) is 13.0 Å². The van der Waals surface area contributed by atoms with Crippen molar-refractivity contribution in [3.8, 4) is 0 Å². The van der Waals surface area contributed by atoms with E-state index >= 15 is 0 Å². The number of benzene rings is 1. The van der Waals surface area contributed by atoms with Crippen molar-refractivity contribution in [2.45, 2.75) is 17.9 Å². The highest BCUT2D eigenvalue weighted by Gasteiger charge is 2.20. The summed E-state index contributed by atoms with van der Waals surface area (Å²) in [7, 11) is -4.02. The van der Waals surface area contributed by atoms with Crippen molar-refractivity contribution in [3.05, 3.63) is 48.2 Å². The van der Waals surface area contributed by atoms with Crippen molar-refractivity contribution in [2.75, 3.05) is 42.3 Å². The Morgan fingerprint density at radius 3 is 2.32 bits per heavy atom. The Balaban J connectivity index is 1.66. The summed E-state index contributed by atoms with van der Waals surface area (Å²) in [4.78, 5) is 8.31. The van der Waals surface area contributed by atoms with Crippen LogP contribution in [0.5, 0.6) is 0 Å². The summed E-state index contributed by atoms with van der Waals surface area (Å²) in [6.07, 6.45) is 0.836. The van der Waals surface area contributed by atoms with E-state index in [1.807, 2.05) is 4.90 Å². The lowest BCUT2D eigenvalue weighted by Crippen LogP contribution is -2.48. The van der Waals surface area contributed by atoms with Crippen LogP contribution in [0.3, 0.4) is 0 Å². The number of hydrogen-bond donors (Lipinski definition) is 2. The minimum absolute atomic E-state index is 0.103. The topological polar surface area (TPSA) is 85.8 Å². The Labute approximate surface area is 162 Å². The van der Waals surface area contributed by atoms with E-state index < -0.39 is 21.7 Å². The van der Waals surface area contributed by atoms with E-state index in [2.05, 4.69) is 14.6 Å². The molecule has 10 heteroatoms. The fourth-order valence-electron chi connectivity index (χ4n) is 3.08. The Bertz CT molecular complexity index is 895. The number of nitrogens with zero attached hydrogens (tertiary/aromatic N) is 3. The van der Waals surface area contributed by atoms with Crippen LogP contribution >= 0.6 is 0 Å². The Hall–Kier alpha value is -2.30. The lowest BCUT2D eigenvalue weighted by atomic mass is 10.2. The highest BCUT2D eigenvalue weighted by molar-refractivity contribution is 7.92. The number of pyridine rings is 1. The van der Waals surface area contributed by atoms with Crippen LogP contribution in [0.15, 0.2) is 41.4 Å². The predicted molar refractivity (Wildman–Crippen MR) is 102 cm³/mol. The van der Waals surface area contributed by atoms with E-state index in [0.29, 0.717) is 31.5 Å². The number of aliphatic hydroxyl groups excluding tert-OH is 1. The van der Waals surface area contributed by atoms with E-state index in [9.17, 15) is 22.3 Å². The van der Waals surface area contributed by atoms with Crippen LogP contribution in [-0.2, 0) is 10.0 Å². The van der Waals surface area contributed by atoms with Gasteiger partial charge in [0.15, 0.2) is 0 Å². The van der Waals surface area contributed by atoms with Crippen LogP contribution in [0.1, 0.15) is 6.92 Å². The van der Waals surface area contributed by atoms with Gasteiger partial charge in [0.25, 0.3) is 10.0 Å². The van der Waals surface area contributed by atoms with Crippen LogP contribution in [0.25, 0.3) is 0 Å². The van der Waals surface area contributed by atoms with Crippen LogP contribution in [-0.4, -0.2) is 62.2 Å². The molecule has 0 radical (unpaired) electrons. The SMILES string of the molecule is C[C@@H](O)CN1CCN(c2ccc(S(=O)(=O)Nc3cc(F)cc(F)c3)cn2)CC1. The van der Waals surface area contributed by atoms with Gasteiger partial charge in [-0.1, -0.05) is 0 Å². The monoisotopic (exact) mass is 412 g/mol. The smallest absolute Gasteiger partial charge is 0.263 e. The van der Waals surface area contributed by atoms with E-state index in [0.717, 1.165) is 25.2 Å². The fraction of sp³-hybridized carbons (Fsp3) is 0.389. The normalized spacial score (nSPS) is 16.8. The van der Waals surface area contributed by atoms with Crippen molar-refractivity contribution in [3.63, 3.8) is 0 Å². The molecule has 7 nitrogen and oxygen atoms in total. The van der Waals surface area contributed by atoms with Crippen molar-refractivity contribution in [2.24, 2.45) is 0 Å². The maximum atomic E-state index is 13.3. The molecule has 1 aliphatic rings. The van der Waals surface area contributed by atoms with Crippen LogP contribution < -0.4 is 9.62 Å². The summed E-state index contributed by atoms with van der Waals surface area (Å²) >= 11 is 0. The van der Waals surface area contributed by atoms with Gasteiger partial charge in [0, 0.05) is 45.0 Å². The van der Waals surface area contributed by atoms with Crippen LogP contribution in [0.4, 0.5) is 20.3 Å². The summed E-state index contributed by atoms with van der Waals surface area (Å²) in [6.45, 7) is 5.35. The zero-order valence-electron chi connectivity index (χ0n) is 15.3. The largest absolute Gasteiger partial charge is 0.392 e. The Kier molecular flexibility index (Phi) is 6.11. The van der Waals surface area contributed by atoms with Gasteiger partial charge in [0.05, 0.1) is 11.8 Å². The summed E-state index contributed by atoms with van der Waals surface area (Å²) < 4.78 is 53.5. The van der Waals surface area contributed by atoms with Gasteiger partial charge in [-0.3, -0.25) is 9.62 Å². The van der Waals surface area contributed by atoms with Crippen LogP contribution in [0.2, 0.25) is 0 Å². The fourth-order valence-corrected chi connectivity index (χ4v) is 4.06. The third-order valence-corrected chi connectivity index (χ3v) is 5.73. The second-order valence-corrected chi connectivity index (χ2v) is 8.43. The minimum atomic E-state index is -4.02. The molecule has 152 valence electrons. The Morgan fingerprint density at radius 1 is 1.14 bits per heavy atom. The van der Waals surface area contributed by atoms with Gasteiger partial charge in [-0.05, 0) is 31.2 Å². The molecule has 3 rings (SSSR count). The molecule has 1 saturated heterocycles. The zero-order chi connectivity index (χ0) is 20.3. The average molecular weight is 412 g/mol. The number of β-amino-alcohol motifs (C(OH)–C–C–N with tert-alkyl or cyclic N) is 1. The molecule has 0 amide bonds. The van der Waals surface area contributed by atoms with Crippen molar-refractivity contribution in [1.29, 1.82) is 0 Å². The van der Waals surface area contributed by atoms with E-state index in [4.69, 9.17) is 0 Å². The van der Waals surface area contributed by atoms with Crippen molar-refractivity contribution >= 4 is 21.5 Å². The minimum Gasteiger partial charge on any atom is -0.392 e. The number of rotatable bonds is 6. The molecule has 0 unspecified atom stereocenters. The number of aromatic nitrogens is 1. The highest BCUT2D eigenvalue weighted by atomic mass is 32.2. The quantitative estimate of drug-likeness (QED) is 0.751. The maximum absolute atomic E-state index is 13.3. The van der Waals surface area contributed by atoms with Gasteiger partial charge >= 0.3 is 0 Å². The molecule has 0 bridgehead atoms. The molecule has 2 N–H and O–H groups in total. The van der Waals surface area contributed by atoms with Gasteiger partial charge < -0.3 is 10.0 Å².